The van der Waals surface area contributed by atoms with Crippen LogP contribution in [0.5, 0.6) is 5.75 Å². The Kier molecular flexibility index (Phi) is 7.06. The van der Waals surface area contributed by atoms with Gasteiger partial charge in [-0.25, -0.2) is 4.79 Å². The number of ether oxygens (including phenoxy) is 2. The summed E-state index contributed by atoms with van der Waals surface area (Å²) in [7, 11) is 4.34. The number of esters is 1. The van der Waals surface area contributed by atoms with E-state index in [2.05, 4.69) is 22.4 Å². The van der Waals surface area contributed by atoms with Crippen LogP contribution in [0.15, 0.2) is 58.8 Å². The number of oxime groups is 2. The number of carbonyl (C=O) groups is 1. The van der Waals surface area contributed by atoms with Crippen molar-refractivity contribution in [1.29, 1.82) is 0 Å². The molecule has 158 valence electrons. The molecule has 7 heteroatoms. The van der Waals surface area contributed by atoms with E-state index in [0.29, 0.717) is 17.4 Å². The van der Waals surface area contributed by atoms with Crippen LogP contribution in [0.25, 0.3) is 0 Å². The first-order chi connectivity index (χ1) is 14.6. The molecule has 0 spiro atoms. The third kappa shape index (κ3) is 4.97. The van der Waals surface area contributed by atoms with Crippen molar-refractivity contribution in [3.05, 3.63) is 65.2 Å². The maximum Gasteiger partial charge on any atom is 0.360 e. The van der Waals surface area contributed by atoms with E-state index in [0.717, 1.165) is 23.4 Å². The van der Waals surface area contributed by atoms with Crippen LogP contribution < -0.4 is 4.74 Å². The molecular weight excluding hydrogens is 384 g/mol. The molecule has 0 aliphatic heterocycles. The highest BCUT2D eigenvalue weighted by atomic mass is 16.6. The Hall–Kier alpha value is -3.35. The van der Waals surface area contributed by atoms with E-state index in [9.17, 15) is 4.79 Å². The summed E-state index contributed by atoms with van der Waals surface area (Å²) in [5.74, 6) is 1.10. The zero-order valence-corrected chi connectivity index (χ0v) is 17.6. The van der Waals surface area contributed by atoms with E-state index in [4.69, 9.17) is 19.1 Å². The first-order valence-corrected chi connectivity index (χ1v) is 9.67. The molecule has 0 saturated heterocycles. The lowest BCUT2D eigenvalue weighted by Crippen LogP contribution is -2.19. The SMILES string of the molecule is CO/N=C(\C(=O)OC)c1ccccc1CO/N=C(\C)[C@@H]1C[C@H]1c1ccc(OC)cc1. The smallest absolute Gasteiger partial charge is 0.360 e. The molecule has 2 atom stereocenters. The Labute approximate surface area is 176 Å². The van der Waals surface area contributed by atoms with Gasteiger partial charge in [0.25, 0.3) is 0 Å². The molecule has 2 aromatic rings. The summed E-state index contributed by atoms with van der Waals surface area (Å²) < 4.78 is 10.0. The Morgan fingerprint density at radius 2 is 1.77 bits per heavy atom. The summed E-state index contributed by atoms with van der Waals surface area (Å²) in [6, 6.07) is 15.4. The van der Waals surface area contributed by atoms with Crippen molar-refractivity contribution in [2.24, 2.45) is 16.2 Å². The molecule has 30 heavy (non-hydrogen) atoms. The Balaban J connectivity index is 1.64. The van der Waals surface area contributed by atoms with Crippen molar-refractivity contribution < 1.29 is 23.9 Å². The molecule has 1 aliphatic rings. The van der Waals surface area contributed by atoms with E-state index in [1.54, 1.807) is 13.2 Å². The average Bonchev–Trinajstić information content (AvgIpc) is 3.58. The van der Waals surface area contributed by atoms with Gasteiger partial charge in [0, 0.05) is 17.0 Å². The molecule has 7 nitrogen and oxygen atoms in total. The van der Waals surface area contributed by atoms with Gasteiger partial charge in [0.15, 0.2) is 5.71 Å². The van der Waals surface area contributed by atoms with Crippen LogP contribution in [0.3, 0.4) is 0 Å². The Bertz CT molecular complexity index is 937. The van der Waals surface area contributed by atoms with Crippen molar-refractivity contribution in [3.8, 4) is 5.75 Å². The van der Waals surface area contributed by atoms with Crippen molar-refractivity contribution in [3.63, 3.8) is 0 Å². The number of nitrogens with zero attached hydrogens (tertiary/aromatic N) is 2. The summed E-state index contributed by atoms with van der Waals surface area (Å²) in [6.45, 7) is 2.18. The zero-order chi connectivity index (χ0) is 21.5. The molecule has 1 fully saturated rings. The number of hydrogen-bond acceptors (Lipinski definition) is 7. The molecule has 3 rings (SSSR count). The lowest BCUT2D eigenvalue weighted by molar-refractivity contribution is -0.132. The van der Waals surface area contributed by atoms with Gasteiger partial charge in [0.2, 0.25) is 0 Å². The Morgan fingerprint density at radius 1 is 1.03 bits per heavy atom. The number of carbonyl (C=O) groups excluding carboxylic acids is 1. The van der Waals surface area contributed by atoms with Crippen LogP contribution in [0.2, 0.25) is 0 Å². The predicted octanol–water partition coefficient (Wildman–Crippen LogP) is 3.91. The van der Waals surface area contributed by atoms with Crippen LogP contribution in [0, 0.1) is 5.92 Å². The molecule has 0 amide bonds. The molecular formula is C23H26N2O5. The molecule has 0 N–H and O–H groups in total. The molecule has 1 aliphatic carbocycles. The molecule has 0 bridgehead atoms. The van der Waals surface area contributed by atoms with E-state index < -0.39 is 5.97 Å². The van der Waals surface area contributed by atoms with E-state index in [-0.39, 0.29) is 12.3 Å². The van der Waals surface area contributed by atoms with Gasteiger partial charge in [-0.05, 0) is 37.0 Å². The average molecular weight is 410 g/mol. The highest BCUT2D eigenvalue weighted by Crippen LogP contribution is 2.48. The maximum absolute atomic E-state index is 12.0. The van der Waals surface area contributed by atoms with E-state index >= 15 is 0 Å². The number of rotatable bonds is 9. The number of methoxy groups -OCH3 is 2. The lowest BCUT2D eigenvalue weighted by atomic mass is 10.0. The minimum absolute atomic E-state index is 0.0849. The fourth-order valence-electron chi connectivity index (χ4n) is 3.41. The summed E-state index contributed by atoms with van der Waals surface area (Å²) >= 11 is 0. The van der Waals surface area contributed by atoms with Crippen LogP contribution >= 0.6 is 0 Å². The summed E-state index contributed by atoms with van der Waals surface area (Å²) in [5.41, 5.74) is 3.66. The summed E-state index contributed by atoms with van der Waals surface area (Å²) in [4.78, 5) is 22.4. The summed E-state index contributed by atoms with van der Waals surface area (Å²) in [6.07, 6.45) is 1.05. The van der Waals surface area contributed by atoms with Crippen molar-refractivity contribution in [2.75, 3.05) is 21.3 Å². The summed E-state index contributed by atoms with van der Waals surface area (Å²) in [5, 5.41) is 8.11. The van der Waals surface area contributed by atoms with E-state index in [1.165, 1.54) is 19.8 Å². The third-order valence-corrected chi connectivity index (χ3v) is 5.13. The van der Waals surface area contributed by atoms with Gasteiger partial charge in [0.1, 0.15) is 19.5 Å². The number of benzene rings is 2. The first-order valence-electron chi connectivity index (χ1n) is 9.67. The van der Waals surface area contributed by atoms with Gasteiger partial charge >= 0.3 is 5.97 Å². The van der Waals surface area contributed by atoms with Crippen LogP contribution in [-0.2, 0) is 25.8 Å². The minimum atomic E-state index is -0.579. The fraction of sp³-hybridized carbons (Fsp3) is 0.348. The Morgan fingerprint density at radius 3 is 2.43 bits per heavy atom. The fourth-order valence-corrected chi connectivity index (χ4v) is 3.41. The predicted molar refractivity (Wildman–Crippen MR) is 114 cm³/mol. The van der Waals surface area contributed by atoms with Gasteiger partial charge in [-0.2, -0.15) is 0 Å². The van der Waals surface area contributed by atoms with Gasteiger partial charge in [0.05, 0.1) is 19.9 Å². The topological polar surface area (TPSA) is 78.7 Å². The third-order valence-electron chi connectivity index (χ3n) is 5.13. The molecule has 0 heterocycles. The highest BCUT2D eigenvalue weighted by molar-refractivity contribution is 6.43. The second kappa shape index (κ2) is 9.91. The second-order valence-electron chi connectivity index (χ2n) is 7.00. The van der Waals surface area contributed by atoms with Gasteiger partial charge in [-0.3, -0.25) is 0 Å². The largest absolute Gasteiger partial charge is 0.497 e. The van der Waals surface area contributed by atoms with Crippen LogP contribution in [0.1, 0.15) is 36.0 Å². The van der Waals surface area contributed by atoms with Gasteiger partial charge in [-0.15, -0.1) is 0 Å². The minimum Gasteiger partial charge on any atom is -0.497 e. The zero-order valence-electron chi connectivity index (χ0n) is 17.6. The molecule has 2 aromatic carbocycles. The monoisotopic (exact) mass is 410 g/mol. The van der Waals surface area contributed by atoms with Gasteiger partial charge < -0.3 is 19.1 Å². The van der Waals surface area contributed by atoms with Gasteiger partial charge in [-0.1, -0.05) is 46.7 Å². The van der Waals surface area contributed by atoms with Crippen molar-refractivity contribution >= 4 is 17.4 Å². The van der Waals surface area contributed by atoms with Crippen molar-refractivity contribution in [2.45, 2.75) is 25.9 Å². The van der Waals surface area contributed by atoms with E-state index in [1.807, 2.05) is 37.3 Å². The highest BCUT2D eigenvalue weighted by Gasteiger charge is 2.40. The molecule has 0 radical (unpaired) electrons. The molecule has 0 unspecified atom stereocenters. The standard InChI is InChI=1S/C23H26N2O5/c1-15(20-13-21(20)16-9-11-18(27-2)12-10-16)24-30-14-17-7-5-6-8-19(17)22(25-29-4)23(26)28-3/h5-12,20-21H,13-14H2,1-4H3/b24-15+,25-22-/t20-,21-/m0/s1. The van der Waals surface area contributed by atoms with Crippen LogP contribution in [-0.4, -0.2) is 38.7 Å². The lowest BCUT2D eigenvalue weighted by Gasteiger charge is -2.10. The van der Waals surface area contributed by atoms with Crippen LogP contribution in [0.4, 0.5) is 0 Å². The normalized spacial score (nSPS) is 18.5. The number of hydrogen-bond donors (Lipinski definition) is 0. The quantitative estimate of drug-likeness (QED) is 0.356. The molecule has 0 aromatic heterocycles. The first kappa shape index (κ1) is 21.4. The second-order valence-corrected chi connectivity index (χ2v) is 7.00. The molecule has 1 saturated carbocycles. The van der Waals surface area contributed by atoms with Crippen molar-refractivity contribution in [1.82, 2.24) is 0 Å². The maximum atomic E-state index is 12.0.